The molecule has 3 N–H and O–H groups in total. The lowest BCUT2D eigenvalue weighted by Gasteiger charge is -2.07. The molecule has 0 aliphatic carbocycles. The average Bonchev–Trinajstić information content (AvgIpc) is 2.59. The summed E-state index contributed by atoms with van der Waals surface area (Å²) in [5.41, 5.74) is 6.89. The van der Waals surface area contributed by atoms with Gasteiger partial charge in [0.05, 0.1) is 17.3 Å². The van der Waals surface area contributed by atoms with Gasteiger partial charge in [0.25, 0.3) is 0 Å². The quantitative estimate of drug-likeness (QED) is 0.891. The van der Waals surface area contributed by atoms with E-state index in [-0.39, 0.29) is 5.75 Å². The summed E-state index contributed by atoms with van der Waals surface area (Å²) in [6.07, 6.45) is 0. The number of nitrogen functional groups attached to an aromatic ring is 1. The Kier molecular flexibility index (Phi) is 2.97. The predicted molar refractivity (Wildman–Crippen MR) is 69.0 cm³/mol. The number of hydrogen-bond donors (Lipinski definition) is 2. The molecule has 1 aromatic heterocycles. The van der Waals surface area contributed by atoms with Gasteiger partial charge in [-0.3, -0.25) is 4.68 Å². The number of phenolic OH excluding ortho intramolecular Hbond substituents is 1. The van der Waals surface area contributed by atoms with E-state index in [2.05, 4.69) is 21.0 Å². The number of ether oxygens (including phenoxy) is 1. The van der Waals surface area contributed by atoms with Crippen molar-refractivity contribution in [3.05, 3.63) is 22.7 Å². The molecule has 6 heteroatoms. The Morgan fingerprint density at radius 1 is 1.41 bits per heavy atom. The molecular formula is C11H12BrN3O2. The van der Waals surface area contributed by atoms with E-state index in [1.807, 2.05) is 0 Å². The van der Waals surface area contributed by atoms with Crippen LogP contribution in [0.4, 0.5) is 5.82 Å². The lowest BCUT2D eigenvalue weighted by atomic mass is 10.1. The van der Waals surface area contributed by atoms with Crippen molar-refractivity contribution in [1.82, 2.24) is 9.78 Å². The van der Waals surface area contributed by atoms with Gasteiger partial charge in [0, 0.05) is 18.7 Å². The standard InChI is InChI=1S/C11H12BrN3O2/c1-15-11(13)5-8(14-15)6-3-10(17-2)7(12)4-9(6)16/h3-5,16H,13H2,1-2H3. The molecule has 0 saturated heterocycles. The molecule has 90 valence electrons. The summed E-state index contributed by atoms with van der Waals surface area (Å²) < 4.78 is 7.41. The summed E-state index contributed by atoms with van der Waals surface area (Å²) in [7, 11) is 3.31. The van der Waals surface area contributed by atoms with Crippen molar-refractivity contribution >= 4 is 21.7 Å². The van der Waals surface area contributed by atoms with Crippen LogP contribution in [0.25, 0.3) is 11.3 Å². The summed E-state index contributed by atoms with van der Waals surface area (Å²) in [6.45, 7) is 0. The molecule has 5 nitrogen and oxygen atoms in total. The molecule has 1 aromatic carbocycles. The van der Waals surface area contributed by atoms with Gasteiger partial charge in [-0.05, 0) is 28.1 Å². The second kappa shape index (κ2) is 4.29. The molecule has 0 amide bonds. The van der Waals surface area contributed by atoms with Crippen molar-refractivity contribution in [2.24, 2.45) is 7.05 Å². The van der Waals surface area contributed by atoms with Gasteiger partial charge in [-0.25, -0.2) is 0 Å². The van der Waals surface area contributed by atoms with E-state index in [0.717, 1.165) is 0 Å². The SMILES string of the molecule is COc1cc(-c2cc(N)n(C)n2)c(O)cc1Br. The first-order valence-electron chi connectivity index (χ1n) is 4.89. The van der Waals surface area contributed by atoms with Crippen molar-refractivity contribution in [1.29, 1.82) is 0 Å². The van der Waals surface area contributed by atoms with Crippen LogP contribution in [-0.4, -0.2) is 22.0 Å². The molecule has 0 aliphatic rings. The fourth-order valence-corrected chi connectivity index (χ4v) is 2.01. The average molecular weight is 298 g/mol. The molecule has 0 aliphatic heterocycles. The van der Waals surface area contributed by atoms with Crippen molar-refractivity contribution in [2.45, 2.75) is 0 Å². The number of aromatic hydroxyl groups is 1. The molecule has 0 unspecified atom stereocenters. The Bertz CT molecular complexity index is 547. The monoisotopic (exact) mass is 297 g/mol. The van der Waals surface area contributed by atoms with Crippen molar-refractivity contribution < 1.29 is 9.84 Å². The van der Waals surface area contributed by atoms with Crippen LogP contribution in [0.1, 0.15) is 0 Å². The second-order valence-corrected chi connectivity index (χ2v) is 4.44. The van der Waals surface area contributed by atoms with Crippen molar-refractivity contribution in [3.8, 4) is 22.8 Å². The maximum atomic E-state index is 9.89. The third kappa shape index (κ3) is 2.08. The number of anilines is 1. The minimum atomic E-state index is 0.121. The molecule has 0 atom stereocenters. The minimum Gasteiger partial charge on any atom is -0.507 e. The number of phenols is 1. The highest BCUT2D eigenvalue weighted by Crippen LogP contribution is 2.37. The highest BCUT2D eigenvalue weighted by molar-refractivity contribution is 9.10. The van der Waals surface area contributed by atoms with E-state index >= 15 is 0 Å². The zero-order valence-corrected chi connectivity index (χ0v) is 11.0. The Balaban J connectivity index is 2.58. The minimum absolute atomic E-state index is 0.121. The Morgan fingerprint density at radius 2 is 2.12 bits per heavy atom. The lowest BCUT2D eigenvalue weighted by Crippen LogP contribution is -1.96. The highest BCUT2D eigenvalue weighted by atomic mass is 79.9. The van der Waals surface area contributed by atoms with Crippen LogP contribution < -0.4 is 10.5 Å². The van der Waals surface area contributed by atoms with Crippen molar-refractivity contribution in [3.63, 3.8) is 0 Å². The van der Waals surface area contributed by atoms with Crippen LogP contribution in [0.3, 0.4) is 0 Å². The van der Waals surface area contributed by atoms with Gasteiger partial charge in [0.15, 0.2) is 0 Å². The van der Waals surface area contributed by atoms with E-state index < -0.39 is 0 Å². The number of methoxy groups -OCH3 is 1. The maximum Gasteiger partial charge on any atom is 0.133 e. The lowest BCUT2D eigenvalue weighted by molar-refractivity contribution is 0.410. The van der Waals surface area contributed by atoms with E-state index in [0.29, 0.717) is 27.3 Å². The molecule has 2 aromatic rings. The number of halogens is 1. The summed E-state index contributed by atoms with van der Waals surface area (Å²) in [4.78, 5) is 0. The van der Waals surface area contributed by atoms with Gasteiger partial charge in [0.1, 0.15) is 17.3 Å². The van der Waals surface area contributed by atoms with Crippen LogP contribution in [0.5, 0.6) is 11.5 Å². The summed E-state index contributed by atoms with van der Waals surface area (Å²) in [5.74, 6) is 1.28. The number of nitrogens with zero attached hydrogens (tertiary/aromatic N) is 2. The number of hydrogen-bond acceptors (Lipinski definition) is 4. The molecule has 2 rings (SSSR count). The predicted octanol–water partition coefficient (Wildman–Crippen LogP) is 2.15. The molecule has 1 heterocycles. The normalized spacial score (nSPS) is 10.5. The van der Waals surface area contributed by atoms with Crippen LogP contribution in [0, 0.1) is 0 Å². The fourth-order valence-electron chi connectivity index (χ4n) is 1.52. The fraction of sp³-hybridized carbons (Fsp3) is 0.182. The second-order valence-electron chi connectivity index (χ2n) is 3.58. The van der Waals surface area contributed by atoms with Gasteiger partial charge in [0.2, 0.25) is 0 Å². The summed E-state index contributed by atoms with van der Waals surface area (Å²) in [5, 5.41) is 14.1. The van der Waals surface area contributed by atoms with Gasteiger partial charge in [-0.2, -0.15) is 5.10 Å². The third-order valence-corrected chi connectivity index (χ3v) is 3.08. The van der Waals surface area contributed by atoms with Gasteiger partial charge in [-0.15, -0.1) is 0 Å². The molecule has 0 bridgehead atoms. The van der Waals surface area contributed by atoms with E-state index in [9.17, 15) is 5.11 Å². The van der Waals surface area contributed by atoms with Gasteiger partial charge < -0.3 is 15.6 Å². The Morgan fingerprint density at radius 3 is 2.65 bits per heavy atom. The molecular weight excluding hydrogens is 286 g/mol. The first-order valence-corrected chi connectivity index (χ1v) is 5.68. The number of rotatable bonds is 2. The zero-order valence-electron chi connectivity index (χ0n) is 9.44. The molecule has 0 saturated carbocycles. The van der Waals surface area contributed by atoms with Crippen LogP contribution in [0.2, 0.25) is 0 Å². The Labute approximate surface area is 107 Å². The first-order chi connectivity index (χ1) is 8.02. The topological polar surface area (TPSA) is 73.3 Å². The number of aromatic nitrogens is 2. The van der Waals surface area contributed by atoms with Gasteiger partial charge >= 0.3 is 0 Å². The highest BCUT2D eigenvalue weighted by Gasteiger charge is 2.13. The summed E-state index contributed by atoms with van der Waals surface area (Å²) in [6, 6.07) is 4.97. The number of aryl methyl sites for hydroxylation is 1. The first kappa shape index (κ1) is 11.8. The van der Waals surface area contributed by atoms with Crippen LogP contribution >= 0.6 is 15.9 Å². The van der Waals surface area contributed by atoms with Crippen LogP contribution in [0.15, 0.2) is 22.7 Å². The van der Waals surface area contributed by atoms with E-state index in [1.54, 1.807) is 37.0 Å². The molecule has 0 spiro atoms. The summed E-state index contributed by atoms with van der Waals surface area (Å²) >= 11 is 3.30. The molecule has 0 radical (unpaired) electrons. The zero-order chi connectivity index (χ0) is 12.6. The number of benzene rings is 1. The van der Waals surface area contributed by atoms with Crippen molar-refractivity contribution in [2.75, 3.05) is 12.8 Å². The molecule has 0 fully saturated rings. The molecule has 17 heavy (non-hydrogen) atoms. The van der Waals surface area contributed by atoms with Crippen LogP contribution in [-0.2, 0) is 7.05 Å². The Hall–Kier alpha value is -1.69. The maximum absolute atomic E-state index is 9.89. The number of nitrogens with two attached hydrogens (primary N) is 1. The third-order valence-electron chi connectivity index (χ3n) is 2.46. The van der Waals surface area contributed by atoms with Gasteiger partial charge in [-0.1, -0.05) is 0 Å². The van der Waals surface area contributed by atoms with E-state index in [4.69, 9.17) is 10.5 Å². The van der Waals surface area contributed by atoms with E-state index in [1.165, 1.54) is 0 Å². The largest absolute Gasteiger partial charge is 0.507 e. The smallest absolute Gasteiger partial charge is 0.133 e.